The van der Waals surface area contributed by atoms with E-state index in [0.717, 1.165) is 31.6 Å². The minimum atomic E-state index is -0.345. The number of carbonyl (C=O) groups excluding carboxylic acids is 1. The molecule has 11 nitrogen and oxygen atoms in total. The third-order valence-corrected chi connectivity index (χ3v) is 8.32. The maximum Gasteiger partial charge on any atom is 0.256 e. The third-order valence-electron chi connectivity index (χ3n) is 8.05. The van der Waals surface area contributed by atoms with Crippen LogP contribution in [-0.2, 0) is 9.47 Å². The quantitative estimate of drug-likeness (QED) is 0.301. The highest BCUT2D eigenvalue weighted by Gasteiger charge is 2.36. The van der Waals surface area contributed by atoms with E-state index in [1.54, 1.807) is 18.3 Å². The van der Waals surface area contributed by atoms with Gasteiger partial charge in [-0.15, -0.1) is 0 Å². The maximum absolute atomic E-state index is 13.1. The molecule has 0 radical (unpaired) electrons. The number of nitrogens with two attached hydrogens (primary N) is 1. The average molecular weight is 606 g/mol. The number of anilines is 2. The molecule has 4 aromatic rings. The number of nitrogens with zero attached hydrogens (tertiary/aromatic N) is 5. The van der Waals surface area contributed by atoms with Gasteiger partial charge in [-0.3, -0.25) is 14.1 Å². The van der Waals surface area contributed by atoms with Crippen LogP contribution in [-0.4, -0.2) is 75.2 Å². The van der Waals surface area contributed by atoms with Gasteiger partial charge in [0.25, 0.3) is 5.91 Å². The molecule has 0 saturated carbocycles. The van der Waals surface area contributed by atoms with E-state index in [1.165, 1.54) is 6.20 Å². The Kier molecular flexibility index (Phi) is 8.49. The van der Waals surface area contributed by atoms with Crippen LogP contribution in [0.4, 0.5) is 11.6 Å². The number of amides is 1. The standard InChI is InChI=1S/C31H36ClN7O4/c1-4-42-23-14-20(31(40)36-26-13-18(2)7-10-34-26)5-6-22(23)27-28-29(33)35-15-25(32)39(28)30(37-27)24-16-38(19(3)17-43-24)21-8-11-41-12-9-21/h5-7,10,13-15,19,21,24H,4,8-9,11-12,16-17H2,1-3H3,(H2,33,35)(H,34,36,40)/t19-,24+/m0/s1. The number of hydrogen-bond acceptors (Lipinski definition) is 9. The normalized spacial score (nSPS) is 19.9. The highest BCUT2D eigenvalue weighted by Crippen LogP contribution is 2.39. The Hall–Kier alpha value is -3.77. The zero-order valence-corrected chi connectivity index (χ0v) is 25.3. The summed E-state index contributed by atoms with van der Waals surface area (Å²) in [7, 11) is 0. The number of carbonyl (C=O) groups is 1. The predicted molar refractivity (Wildman–Crippen MR) is 165 cm³/mol. The molecule has 1 aromatic carbocycles. The minimum Gasteiger partial charge on any atom is -0.493 e. The Bertz CT molecular complexity index is 1640. The van der Waals surface area contributed by atoms with Crippen LogP contribution >= 0.6 is 11.6 Å². The smallest absolute Gasteiger partial charge is 0.256 e. The lowest BCUT2D eigenvalue weighted by Gasteiger charge is -2.43. The fraction of sp³-hybridized carbons (Fsp3) is 0.419. The molecule has 2 atom stereocenters. The van der Waals surface area contributed by atoms with Crippen molar-refractivity contribution in [1.29, 1.82) is 0 Å². The van der Waals surface area contributed by atoms with Crippen molar-refractivity contribution in [2.45, 2.75) is 51.8 Å². The van der Waals surface area contributed by atoms with Gasteiger partial charge in [0, 0.05) is 49.2 Å². The van der Waals surface area contributed by atoms with Gasteiger partial charge in [-0.1, -0.05) is 11.6 Å². The number of aromatic nitrogens is 4. The zero-order valence-electron chi connectivity index (χ0n) is 24.5. The number of halogens is 1. The Balaban J connectivity index is 1.39. The SMILES string of the molecule is CCOc1cc(C(=O)Nc2cc(C)ccn2)ccc1-c1nc([C@H]2CN(C3CCOCC3)[C@@H](C)CO2)n2c(Cl)cnc(N)c12. The van der Waals surface area contributed by atoms with E-state index >= 15 is 0 Å². The molecule has 5 heterocycles. The van der Waals surface area contributed by atoms with Crippen LogP contribution in [0, 0.1) is 6.92 Å². The van der Waals surface area contributed by atoms with Gasteiger partial charge in [-0.2, -0.15) is 0 Å². The Morgan fingerprint density at radius 2 is 2.02 bits per heavy atom. The van der Waals surface area contributed by atoms with Crippen LogP contribution in [0.2, 0.25) is 5.15 Å². The van der Waals surface area contributed by atoms with E-state index in [0.29, 0.717) is 70.7 Å². The van der Waals surface area contributed by atoms with Gasteiger partial charge in [0.15, 0.2) is 0 Å². The lowest BCUT2D eigenvalue weighted by molar-refractivity contribution is -0.0942. The van der Waals surface area contributed by atoms with Crippen molar-refractivity contribution in [2.24, 2.45) is 0 Å². The van der Waals surface area contributed by atoms with Crippen LogP contribution in [0.3, 0.4) is 0 Å². The van der Waals surface area contributed by atoms with Crippen LogP contribution in [0.15, 0.2) is 42.7 Å². The summed E-state index contributed by atoms with van der Waals surface area (Å²) in [5.74, 6) is 1.58. The molecule has 0 spiro atoms. The number of hydrogen-bond donors (Lipinski definition) is 2. The lowest BCUT2D eigenvalue weighted by atomic mass is 10.0. The molecule has 0 aliphatic carbocycles. The summed E-state index contributed by atoms with van der Waals surface area (Å²) in [4.78, 5) is 29.3. The molecular formula is C31H36ClN7O4. The molecule has 226 valence electrons. The molecule has 43 heavy (non-hydrogen) atoms. The summed E-state index contributed by atoms with van der Waals surface area (Å²) in [6, 6.07) is 9.61. The Morgan fingerprint density at radius 1 is 1.21 bits per heavy atom. The molecule has 12 heteroatoms. The predicted octanol–water partition coefficient (Wildman–Crippen LogP) is 4.93. The molecular weight excluding hydrogens is 570 g/mol. The summed E-state index contributed by atoms with van der Waals surface area (Å²) in [5, 5.41) is 3.23. The third kappa shape index (κ3) is 5.90. The van der Waals surface area contributed by atoms with Gasteiger partial charge in [-0.25, -0.2) is 15.0 Å². The molecule has 2 saturated heterocycles. The summed E-state index contributed by atoms with van der Waals surface area (Å²) >= 11 is 6.75. The van der Waals surface area contributed by atoms with Crippen LogP contribution in [0.5, 0.6) is 5.75 Å². The van der Waals surface area contributed by atoms with Crippen molar-refractivity contribution in [3.63, 3.8) is 0 Å². The number of nitrogens with one attached hydrogen (secondary N) is 1. The van der Waals surface area contributed by atoms with Gasteiger partial charge >= 0.3 is 0 Å². The van der Waals surface area contributed by atoms with Crippen LogP contribution < -0.4 is 15.8 Å². The van der Waals surface area contributed by atoms with Crippen molar-refractivity contribution >= 4 is 34.7 Å². The molecule has 2 fully saturated rings. The van der Waals surface area contributed by atoms with Crippen molar-refractivity contribution in [2.75, 3.05) is 44.0 Å². The second-order valence-corrected chi connectivity index (χ2v) is 11.4. The minimum absolute atomic E-state index is 0.269. The monoisotopic (exact) mass is 605 g/mol. The molecule has 0 bridgehead atoms. The molecule has 6 rings (SSSR count). The summed E-state index contributed by atoms with van der Waals surface area (Å²) in [6.07, 6.45) is 4.81. The second-order valence-electron chi connectivity index (χ2n) is 11.0. The van der Waals surface area contributed by atoms with E-state index in [1.807, 2.05) is 36.4 Å². The summed E-state index contributed by atoms with van der Waals surface area (Å²) < 4.78 is 19.9. The molecule has 3 N–H and O–H groups in total. The highest BCUT2D eigenvalue weighted by molar-refractivity contribution is 6.30. The average Bonchev–Trinajstić information content (AvgIpc) is 3.42. The number of imidazole rings is 1. The first kappa shape index (κ1) is 29.3. The summed E-state index contributed by atoms with van der Waals surface area (Å²) in [6.45, 7) is 9.15. The van der Waals surface area contributed by atoms with Crippen LogP contribution in [0.25, 0.3) is 16.8 Å². The maximum atomic E-state index is 13.1. The van der Waals surface area contributed by atoms with E-state index < -0.39 is 0 Å². The number of benzene rings is 1. The number of rotatable bonds is 7. The number of nitrogen functional groups attached to an aromatic ring is 1. The van der Waals surface area contributed by atoms with E-state index in [-0.39, 0.29) is 23.9 Å². The number of pyridine rings is 1. The first-order valence-electron chi connectivity index (χ1n) is 14.6. The first-order valence-corrected chi connectivity index (χ1v) is 15.0. The fourth-order valence-corrected chi connectivity index (χ4v) is 6.14. The number of ether oxygens (including phenoxy) is 3. The van der Waals surface area contributed by atoms with Gasteiger partial charge < -0.3 is 25.3 Å². The number of morpholine rings is 1. The van der Waals surface area contributed by atoms with Gasteiger partial charge in [0.1, 0.15) is 45.7 Å². The molecule has 1 amide bonds. The molecule has 2 aliphatic rings. The van der Waals surface area contributed by atoms with Gasteiger partial charge in [0.05, 0.1) is 19.4 Å². The largest absolute Gasteiger partial charge is 0.493 e. The van der Waals surface area contributed by atoms with E-state index in [4.69, 9.17) is 36.5 Å². The summed E-state index contributed by atoms with van der Waals surface area (Å²) in [5.41, 5.74) is 9.65. The Morgan fingerprint density at radius 3 is 2.79 bits per heavy atom. The van der Waals surface area contributed by atoms with Crippen molar-refractivity contribution in [3.05, 3.63) is 64.8 Å². The van der Waals surface area contributed by atoms with Crippen LogP contribution in [0.1, 0.15) is 54.5 Å². The first-order chi connectivity index (χ1) is 20.8. The topological polar surface area (TPSA) is 129 Å². The Labute approximate surface area is 255 Å². The fourth-order valence-electron chi connectivity index (χ4n) is 5.92. The van der Waals surface area contributed by atoms with E-state index in [2.05, 4.69) is 27.1 Å². The van der Waals surface area contributed by atoms with Gasteiger partial charge in [-0.05, 0) is 69.5 Å². The number of aryl methyl sites for hydroxylation is 1. The highest BCUT2D eigenvalue weighted by atomic mass is 35.5. The lowest BCUT2D eigenvalue weighted by Crippen LogP contribution is -2.52. The molecule has 3 aromatic heterocycles. The van der Waals surface area contributed by atoms with Crippen molar-refractivity contribution in [3.8, 4) is 17.0 Å². The van der Waals surface area contributed by atoms with Crippen molar-refractivity contribution < 1.29 is 19.0 Å². The van der Waals surface area contributed by atoms with E-state index in [9.17, 15) is 4.79 Å². The molecule has 0 unspecified atom stereocenters. The number of fused-ring (bicyclic) bond motifs is 1. The second kappa shape index (κ2) is 12.5. The molecule has 2 aliphatic heterocycles. The van der Waals surface area contributed by atoms with Gasteiger partial charge in [0.2, 0.25) is 0 Å². The zero-order chi connectivity index (χ0) is 30.1. The van der Waals surface area contributed by atoms with Crippen molar-refractivity contribution in [1.82, 2.24) is 24.3 Å².